The molecule has 27 heavy (non-hydrogen) atoms. The van der Waals surface area contributed by atoms with E-state index in [9.17, 15) is 4.79 Å². The molecule has 2 aromatic carbocycles. The number of aliphatic imine (C=N–C) groups is 1. The highest BCUT2D eigenvalue weighted by Gasteiger charge is 2.14. The molecule has 0 saturated heterocycles. The van der Waals surface area contributed by atoms with E-state index in [1.165, 1.54) is 0 Å². The SMILES string of the molecule is COc1cccc(NC(=O)c2cc(-c3ccc(N=C(N)N)cc3)on2)c1.Cl. The van der Waals surface area contributed by atoms with Gasteiger partial charge in [-0.05, 0) is 36.4 Å². The van der Waals surface area contributed by atoms with E-state index in [-0.39, 0.29) is 30.0 Å². The first-order chi connectivity index (χ1) is 12.5. The molecule has 3 aromatic rings. The van der Waals surface area contributed by atoms with Crippen LogP contribution in [0, 0.1) is 0 Å². The van der Waals surface area contributed by atoms with Crippen molar-refractivity contribution >= 4 is 35.6 Å². The molecule has 0 aliphatic carbocycles. The fourth-order valence-electron chi connectivity index (χ4n) is 2.26. The zero-order chi connectivity index (χ0) is 18.5. The van der Waals surface area contributed by atoms with Crippen molar-refractivity contribution in [3.8, 4) is 17.1 Å². The van der Waals surface area contributed by atoms with Crippen LogP contribution in [0.3, 0.4) is 0 Å². The summed E-state index contributed by atoms with van der Waals surface area (Å²) in [6.07, 6.45) is 0. The zero-order valence-corrected chi connectivity index (χ0v) is 15.2. The summed E-state index contributed by atoms with van der Waals surface area (Å²) >= 11 is 0. The Hall–Kier alpha value is -3.52. The summed E-state index contributed by atoms with van der Waals surface area (Å²) in [7, 11) is 1.56. The third-order valence-corrected chi connectivity index (χ3v) is 3.48. The molecule has 1 amide bonds. The number of rotatable bonds is 5. The first kappa shape index (κ1) is 19.8. The average molecular weight is 388 g/mol. The van der Waals surface area contributed by atoms with Gasteiger partial charge in [0, 0.05) is 23.4 Å². The number of carbonyl (C=O) groups is 1. The summed E-state index contributed by atoms with van der Waals surface area (Å²) < 4.78 is 10.4. The predicted molar refractivity (Wildman–Crippen MR) is 106 cm³/mol. The second-order valence-corrected chi connectivity index (χ2v) is 5.35. The van der Waals surface area contributed by atoms with E-state index >= 15 is 0 Å². The van der Waals surface area contributed by atoms with Gasteiger partial charge < -0.3 is 26.0 Å². The number of nitrogens with two attached hydrogens (primary N) is 2. The zero-order valence-electron chi connectivity index (χ0n) is 14.4. The summed E-state index contributed by atoms with van der Waals surface area (Å²) in [4.78, 5) is 16.3. The maximum atomic E-state index is 12.3. The van der Waals surface area contributed by atoms with E-state index in [0.717, 1.165) is 5.56 Å². The summed E-state index contributed by atoms with van der Waals surface area (Å²) in [6, 6.07) is 15.6. The number of guanidine groups is 1. The number of nitrogens with zero attached hydrogens (tertiary/aromatic N) is 2. The Morgan fingerprint density at radius 3 is 2.56 bits per heavy atom. The van der Waals surface area contributed by atoms with Gasteiger partial charge in [-0.1, -0.05) is 11.2 Å². The molecule has 0 unspecified atom stereocenters. The van der Waals surface area contributed by atoms with Crippen molar-refractivity contribution in [1.29, 1.82) is 0 Å². The lowest BCUT2D eigenvalue weighted by molar-refractivity contribution is 0.101. The molecule has 0 fully saturated rings. The van der Waals surface area contributed by atoms with E-state index in [2.05, 4.69) is 15.5 Å². The number of nitrogens with one attached hydrogen (secondary N) is 1. The standard InChI is InChI=1S/C18H17N5O3.ClH/c1-25-14-4-2-3-13(9-14)21-17(24)15-10-16(26-23-15)11-5-7-12(8-6-11)22-18(19)20;/h2-10H,1H3,(H,21,24)(H4,19,20,22);1H. The quantitative estimate of drug-likeness (QED) is 0.456. The molecule has 5 N–H and O–H groups in total. The van der Waals surface area contributed by atoms with E-state index in [1.807, 2.05) is 0 Å². The number of anilines is 1. The number of benzene rings is 2. The number of aromatic nitrogens is 1. The summed E-state index contributed by atoms with van der Waals surface area (Å²) in [5, 5.41) is 6.56. The van der Waals surface area contributed by atoms with Gasteiger partial charge in [0.2, 0.25) is 0 Å². The molecule has 0 bridgehead atoms. The Morgan fingerprint density at radius 2 is 1.89 bits per heavy atom. The van der Waals surface area contributed by atoms with Crippen LogP contribution in [0.4, 0.5) is 11.4 Å². The number of hydrogen-bond donors (Lipinski definition) is 3. The van der Waals surface area contributed by atoms with Gasteiger partial charge in [-0.15, -0.1) is 12.4 Å². The number of ether oxygens (including phenoxy) is 1. The fourth-order valence-corrected chi connectivity index (χ4v) is 2.26. The average Bonchev–Trinajstić information content (AvgIpc) is 3.12. The van der Waals surface area contributed by atoms with Crippen LogP contribution in [0.5, 0.6) is 5.75 Å². The largest absolute Gasteiger partial charge is 0.497 e. The molecule has 1 aromatic heterocycles. The minimum atomic E-state index is -0.384. The fraction of sp³-hybridized carbons (Fsp3) is 0.0556. The molecule has 9 heteroatoms. The van der Waals surface area contributed by atoms with Crippen molar-refractivity contribution in [3.05, 3.63) is 60.3 Å². The van der Waals surface area contributed by atoms with Crippen LogP contribution < -0.4 is 21.5 Å². The number of amides is 1. The number of methoxy groups -OCH3 is 1. The minimum absolute atomic E-state index is 0. The first-order valence-electron chi connectivity index (χ1n) is 7.67. The Bertz CT molecular complexity index is 950. The van der Waals surface area contributed by atoms with E-state index in [4.69, 9.17) is 20.7 Å². The van der Waals surface area contributed by atoms with Crippen LogP contribution in [0.25, 0.3) is 11.3 Å². The Labute approximate surface area is 161 Å². The van der Waals surface area contributed by atoms with Crippen LogP contribution in [0.2, 0.25) is 0 Å². The van der Waals surface area contributed by atoms with Crippen molar-refractivity contribution in [2.45, 2.75) is 0 Å². The maximum absolute atomic E-state index is 12.3. The predicted octanol–water partition coefficient (Wildman–Crippen LogP) is 2.93. The molecular weight excluding hydrogens is 370 g/mol. The van der Waals surface area contributed by atoms with Crippen LogP contribution in [0.15, 0.2) is 64.1 Å². The molecule has 0 saturated carbocycles. The lowest BCUT2D eigenvalue weighted by Crippen LogP contribution is -2.21. The lowest BCUT2D eigenvalue weighted by atomic mass is 10.1. The number of halogens is 1. The van der Waals surface area contributed by atoms with Crippen LogP contribution in [-0.2, 0) is 0 Å². The smallest absolute Gasteiger partial charge is 0.277 e. The van der Waals surface area contributed by atoms with E-state index in [0.29, 0.717) is 22.9 Å². The van der Waals surface area contributed by atoms with E-state index < -0.39 is 0 Å². The highest BCUT2D eigenvalue weighted by Crippen LogP contribution is 2.24. The van der Waals surface area contributed by atoms with Crippen molar-refractivity contribution < 1.29 is 14.1 Å². The molecule has 0 atom stereocenters. The maximum Gasteiger partial charge on any atom is 0.277 e. The highest BCUT2D eigenvalue weighted by atomic mass is 35.5. The van der Waals surface area contributed by atoms with Gasteiger partial charge >= 0.3 is 0 Å². The third kappa shape index (κ3) is 4.99. The van der Waals surface area contributed by atoms with Crippen molar-refractivity contribution in [3.63, 3.8) is 0 Å². The molecule has 8 nitrogen and oxygen atoms in total. The molecule has 0 aliphatic heterocycles. The second-order valence-electron chi connectivity index (χ2n) is 5.35. The molecular formula is C18H18ClN5O3. The van der Waals surface area contributed by atoms with Crippen LogP contribution >= 0.6 is 12.4 Å². The topological polar surface area (TPSA) is 129 Å². The summed E-state index contributed by atoms with van der Waals surface area (Å²) in [5.74, 6) is 0.695. The third-order valence-electron chi connectivity index (χ3n) is 3.48. The van der Waals surface area contributed by atoms with Gasteiger partial charge in [-0.3, -0.25) is 4.79 Å². The second kappa shape index (κ2) is 8.72. The minimum Gasteiger partial charge on any atom is -0.497 e. The molecule has 0 aliphatic rings. The Kier molecular flexibility index (Phi) is 6.40. The number of carbonyl (C=O) groups excluding carboxylic acids is 1. The Balaban J connectivity index is 0.00000261. The number of hydrogen-bond acceptors (Lipinski definition) is 5. The van der Waals surface area contributed by atoms with Crippen LogP contribution in [0.1, 0.15) is 10.5 Å². The van der Waals surface area contributed by atoms with Crippen molar-refractivity contribution in [2.24, 2.45) is 16.5 Å². The van der Waals surface area contributed by atoms with Gasteiger partial charge in [-0.2, -0.15) is 0 Å². The van der Waals surface area contributed by atoms with Crippen LogP contribution in [-0.4, -0.2) is 24.1 Å². The molecule has 0 spiro atoms. The molecule has 1 heterocycles. The molecule has 3 rings (SSSR count). The Morgan fingerprint density at radius 1 is 1.15 bits per heavy atom. The van der Waals surface area contributed by atoms with Crippen molar-refractivity contribution in [2.75, 3.05) is 12.4 Å². The summed E-state index contributed by atoms with van der Waals surface area (Å²) in [5.41, 5.74) is 12.8. The monoisotopic (exact) mass is 387 g/mol. The van der Waals surface area contributed by atoms with Gasteiger partial charge in [0.25, 0.3) is 5.91 Å². The van der Waals surface area contributed by atoms with E-state index in [1.54, 1.807) is 61.7 Å². The normalized spacial score (nSPS) is 9.81. The first-order valence-corrected chi connectivity index (χ1v) is 7.67. The molecule has 0 radical (unpaired) electrons. The summed E-state index contributed by atoms with van der Waals surface area (Å²) in [6.45, 7) is 0. The van der Waals surface area contributed by atoms with Crippen molar-refractivity contribution in [1.82, 2.24) is 5.16 Å². The lowest BCUT2D eigenvalue weighted by Gasteiger charge is -2.04. The van der Waals surface area contributed by atoms with Gasteiger partial charge in [0.05, 0.1) is 12.8 Å². The van der Waals surface area contributed by atoms with Gasteiger partial charge in [0.1, 0.15) is 5.75 Å². The van der Waals surface area contributed by atoms with Gasteiger partial charge in [-0.25, -0.2) is 4.99 Å². The van der Waals surface area contributed by atoms with Gasteiger partial charge in [0.15, 0.2) is 17.4 Å². The molecule has 140 valence electrons. The highest BCUT2D eigenvalue weighted by molar-refractivity contribution is 6.03.